The van der Waals surface area contributed by atoms with Crippen molar-refractivity contribution in [3.63, 3.8) is 0 Å². The molecule has 3 amide bonds. The van der Waals surface area contributed by atoms with Crippen molar-refractivity contribution in [2.75, 3.05) is 10.6 Å². The second-order valence-corrected chi connectivity index (χ2v) is 13.6. The fraction of sp³-hybridized carbons (Fsp3) is 0.0263. The molecule has 248 valence electrons. The molecule has 0 fully saturated rings. The average molecular weight is 737 g/mol. The van der Waals surface area contributed by atoms with E-state index in [0.717, 1.165) is 16.0 Å². The van der Waals surface area contributed by atoms with Gasteiger partial charge in [-0.05, 0) is 71.8 Å². The Kier molecular flexibility index (Phi) is 11.4. The number of nitrogens with one attached hydrogen (secondary N) is 3. The summed E-state index contributed by atoms with van der Waals surface area (Å²) in [5.41, 5.74) is 3.88. The van der Waals surface area contributed by atoms with Crippen LogP contribution in [0.25, 0.3) is 17.3 Å². The van der Waals surface area contributed by atoms with Crippen molar-refractivity contribution in [2.24, 2.45) is 0 Å². The molecule has 4 aromatic carbocycles. The molecule has 6 aromatic rings. The van der Waals surface area contributed by atoms with Crippen LogP contribution < -0.4 is 16.0 Å². The van der Waals surface area contributed by atoms with Crippen LogP contribution in [0.1, 0.15) is 26.7 Å². The summed E-state index contributed by atoms with van der Waals surface area (Å²) >= 11 is 14.9. The van der Waals surface area contributed by atoms with Crippen molar-refractivity contribution in [2.45, 2.75) is 10.1 Å². The van der Waals surface area contributed by atoms with E-state index in [1.165, 1.54) is 23.1 Å². The van der Waals surface area contributed by atoms with E-state index in [9.17, 15) is 14.4 Å². The van der Waals surface area contributed by atoms with Gasteiger partial charge in [-0.2, -0.15) is 0 Å². The molecule has 50 heavy (non-hydrogen) atoms. The van der Waals surface area contributed by atoms with E-state index in [4.69, 9.17) is 23.2 Å². The number of thioether (sulfide) groups is 1. The number of carbonyl (C=O) groups is 3. The second-order valence-electron chi connectivity index (χ2n) is 10.7. The van der Waals surface area contributed by atoms with Crippen LogP contribution in [0.3, 0.4) is 0 Å². The smallest absolute Gasteiger partial charge is 0.272 e. The van der Waals surface area contributed by atoms with Gasteiger partial charge in [0.05, 0.1) is 15.7 Å². The summed E-state index contributed by atoms with van der Waals surface area (Å²) in [5, 5.41) is 11.1. The van der Waals surface area contributed by atoms with Gasteiger partial charge in [-0.1, -0.05) is 83.9 Å². The Balaban J connectivity index is 1.16. The van der Waals surface area contributed by atoms with Crippen molar-refractivity contribution < 1.29 is 14.4 Å². The van der Waals surface area contributed by atoms with Crippen molar-refractivity contribution in [1.29, 1.82) is 0 Å². The molecule has 1 atom stereocenters. The summed E-state index contributed by atoms with van der Waals surface area (Å²) in [5.74, 6) is -1.17. The maximum absolute atomic E-state index is 13.7. The van der Waals surface area contributed by atoms with Gasteiger partial charge in [-0.25, -0.2) is 4.98 Å². The third-order valence-electron chi connectivity index (χ3n) is 7.18. The number of thiazole rings is 1. The van der Waals surface area contributed by atoms with E-state index >= 15 is 0 Å². The van der Waals surface area contributed by atoms with Gasteiger partial charge < -0.3 is 16.0 Å². The topological polar surface area (TPSA) is 113 Å². The maximum Gasteiger partial charge on any atom is 0.272 e. The summed E-state index contributed by atoms with van der Waals surface area (Å²) in [6.07, 6.45) is 4.78. The van der Waals surface area contributed by atoms with Crippen LogP contribution in [0, 0.1) is 0 Å². The molecule has 8 nitrogen and oxygen atoms in total. The Bertz CT molecular complexity index is 2150. The van der Waals surface area contributed by atoms with Gasteiger partial charge >= 0.3 is 0 Å². The molecule has 6 rings (SSSR count). The molecular formula is C38H27Cl2N5O3S2. The number of nitrogens with zero attached hydrogens (tertiary/aromatic N) is 2. The van der Waals surface area contributed by atoms with E-state index in [1.54, 1.807) is 79.1 Å². The summed E-state index contributed by atoms with van der Waals surface area (Å²) in [4.78, 5) is 49.5. The van der Waals surface area contributed by atoms with Crippen molar-refractivity contribution in [3.05, 3.63) is 165 Å². The summed E-state index contributed by atoms with van der Waals surface area (Å²) in [7, 11) is 0. The normalized spacial score (nSPS) is 11.8. The zero-order valence-corrected chi connectivity index (χ0v) is 29.2. The number of rotatable bonds is 11. The molecule has 12 heteroatoms. The second kappa shape index (κ2) is 16.4. The van der Waals surface area contributed by atoms with Gasteiger partial charge in [0, 0.05) is 39.5 Å². The Morgan fingerprint density at radius 1 is 0.800 bits per heavy atom. The van der Waals surface area contributed by atoms with Gasteiger partial charge in [-0.15, -0.1) is 23.1 Å². The summed E-state index contributed by atoms with van der Waals surface area (Å²) in [6.45, 7) is 0. The van der Waals surface area contributed by atoms with E-state index in [1.807, 2.05) is 60.0 Å². The molecule has 0 saturated heterocycles. The number of pyridine rings is 1. The SMILES string of the molecule is O=C(Nc1ccc(SC(C(=O)Nc2nc(-c3ccc(Cl)c(Cl)c3)cs2)c2ccccc2)cc1)/C(=C/c1cccnc1)NC(=O)c1ccccc1. The first-order valence-corrected chi connectivity index (χ1v) is 17.7. The fourth-order valence-electron chi connectivity index (χ4n) is 4.71. The van der Waals surface area contributed by atoms with Crippen LogP contribution in [-0.4, -0.2) is 27.7 Å². The minimum atomic E-state index is -0.601. The zero-order chi connectivity index (χ0) is 34.9. The maximum atomic E-state index is 13.7. The quantitative estimate of drug-likeness (QED) is 0.0903. The monoisotopic (exact) mass is 735 g/mol. The Morgan fingerprint density at radius 3 is 2.24 bits per heavy atom. The zero-order valence-electron chi connectivity index (χ0n) is 26.0. The molecule has 1 unspecified atom stereocenters. The number of halogens is 2. The largest absolute Gasteiger partial charge is 0.321 e. The number of amides is 3. The van der Waals surface area contributed by atoms with Crippen LogP contribution >= 0.6 is 46.3 Å². The fourth-order valence-corrected chi connectivity index (χ4v) is 6.76. The van der Waals surface area contributed by atoms with Crippen LogP contribution in [0.5, 0.6) is 0 Å². The number of benzene rings is 4. The third kappa shape index (κ3) is 9.04. The lowest BCUT2D eigenvalue weighted by atomic mass is 10.1. The van der Waals surface area contributed by atoms with Crippen molar-refractivity contribution >= 4 is 80.9 Å². The highest BCUT2D eigenvalue weighted by Gasteiger charge is 2.24. The van der Waals surface area contributed by atoms with E-state index in [-0.39, 0.29) is 11.6 Å². The van der Waals surface area contributed by atoms with Crippen LogP contribution in [0.15, 0.2) is 144 Å². The first-order valence-electron chi connectivity index (χ1n) is 15.2. The predicted octanol–water partition coefficient (Wildman–Crippen LogP) is 9.39. The molecule has 0 aliphatic heterocycles. The lowest BCUT2D eigenvalue weighted by molar-refractivity contribution is -0.116. The van der Waals surface area contributed by atoms with Crippen LogP contribution in [0.2, 0.25) is 10.0 Å². The van der Waals surface area contributed by atoms with Gasteiger partial charge in [0.1, 0.15) is 10.9 Å². The lowest BCUT2D eigenvalue weighted by Gasteiger charge is -2.17. The standard InChI is InChI=1S/C38H27Cl2N5O3S2/c39-30-18-13-27(21-31(30)40)33-23-49-38(44-33)45-37(48)34(25-9-3-1-4-10-25)50-29-16-14-28(15-17-29)42-36(47)32(20-24-8-7-19-41-22-24)43-35(46)26-11-5-2-6-12-26/h1-23,34H,(H,42,47)(H,43,46)(H,44,45,48)/b32-20-. The van der Waals surface area contributed by atoms with Crippen LogP contribution in [-0.2, 0) is 9.59 Å². The molecular weight excluding hydrogens is 709 g/mol. The van der Waals surface area contributed by atoms with Crippen molar-refractivity contribution in [3.8, 4) is 11.3 Å². The number of hydrogen-bond acceptors (Lipinski definition) is 7. The van der Waals surface area contributed by atoms with Crippen molar-refractivity contribution in [1.82, 2.24) is 15.3 Å². The third-order valence-corrected chi connectivity index (χ3v) is 9.94. The Morgan fingerprint density at radius 2 is 1.54 bits per heavy atom. The molecule has 0 bridgehead atoms. The molecule has 2 aromatic heterocycles. The minimum Gasteiger partial charge on any atom is -0.321 e. The number of anilines is 2. The van der Waals surface area contributed by atoms with Crippen LogP contribution in [0.4, 0.5) is 10.8 Å². The van der Waals surface area contributed by atoms with Gasteiger partial charge in [0.2, 0.25) is 5.91 Å². The van der Waals surface area contributed by atoms with Gasteiger partial charge in [-0.3, -0.25) is 19.4 Å². The summed E-state index contributed by atoms with van der Waals surface area (Å²) in [6, 6.07) is 34.0. The highest BCUT2D eigenvalue weighted by Crippen LogP contribution is 2.37. The molecule has 0 spiro atoms. The highest BCUT2D eigenvalue weighted by molar-refractivity contribution is 8.00. The molecule has 2 heterocycles. The molecule has 0 aliphatic carbocycles. The van der Waals surface area contributed by atoms with Gasteiger partial charge in [0.25, 0.3) is 11.8 Å². The van der Waals surface area contributed by atoms with E-state index in [2.05, 4.69) is 25.9 Å². The molecule has 0 radical (unpaired) electrons. The average Bonchev–Trinajstić information content (AvgIpc) is 3.61. The number of hydrogen-bond donors (Lipinski definition) is 3. The molecule has 0 aliphatic rings. The number of carbonyl (C=O) groups excluding carboxylic acids is 3. The van der Waals surface area contributed by atoms with E-state index in [0.29, 0.717) is 37.7 Å². The number of aromatic nitrogens is 2. The Hall–Kier alpha value is -5.26. The predicted molar refractivity (Wildman–Crippen MR) is 202 cm³/mol. The molecule has 3 N–H and O–H groups in total. The first-order chi connectivity index (χ1) is 24.3. The van der Waals surface area contributed by atoms with E-state index < -0.39 is 17.1 Å². The minimum absolute atomic E-state index is 0.0515. The lowest BCUT2D eigenvalue weighted by Crippen LogP contribution is -2.30. The first kappa shape index (κ1) is 34.6. The highest BCUT2D eigenvalue weighted by atomic mass is 35.5. The summed E-state index contributed by atoms with van der Waals surface area (Å²) < 4.78 is 0. The van der Waals surface area contributed by atoms with Gasteiger partial charge in [0.15, 0.2) is 5.13 Å². The Labute approximate surface area is 306 Å². The molecule has 0 saturated carbocycles.